The maximum Gasteiger partial charge on any atom is 0.0954 e. The summed E-state index contributed by atoms with van der Waals surface area (Å²) in [5, 5.41) is 3.52. The van der Waals surface area contributed by atoms with Crippen LogP contribution in [-0.2, 0) is 0 Å². The second-order valence-corrected chi connectivity index (χ2v) is 4.14. The lowest BCUT2D eigenvalue weighted by Crippen LogP contribution is -2.35. The first-order valence-corrected chi connectivity index (χ1v) is 5.85. The molecule has 1 aromatic heterocycles. The Labute approximate surface area is 92.9 Å². The topological polar surface area (TPSA) is 29.9 Å². The Morgan fingerprint density at radius 1 is 1.40 bits per heavy atom. The molecule has 1 N–H and O–H groups in total. The molecule has 0 radical (unpaired) electrons. The minimum atomic E-state index is 0.469. The molecule has 0 aromatic carbocycles. The van der Waals surface area contributed by atoms with Crippen LogP contribution in [0.2, 0.25) is 0 Å². The molecule has 86 valence electrons. The number of imidazole rings is 1. The standard InChI is InChI=1S/C12H23N3/c1-6-12(13-7-2)11(5)15-8-14-9(3)10(15)4/h8,11-13H,6-7H2,1-5H3. The van der Waals surface area contributed by atoms with Gasteiger partial charge in [0.05, 0.1) is 12.0 Å². The van der Waals surface area contributed by atoms with Crippen molar-refractivity contribution in [2.24, 2.45) is 0 Å². The Balaban J connectivity index is 2.82. The van der Waals surface area contributed by atoms with Crippen LogP contribution < -0.4 is 5.32 Å². The van der Waals surface area contributed by atoms with Gasteiger partial charge in [0, 0.05) is 17.8 Å². The third kappa shape index (κ3) is 2.59. The van der Waals surface area contributed by atoms with Gasteiger partial charge in [-0.2, -0.15) is 0 Å². The molecule has 3 nitrogen and oxygen atoms in total. The van der Waals surface area contributed by atoms with E-state index in [0.29, 0.717) is 12.1 Å². The van der Waals surface area contributed by atoms with Gasteiger partial charge in [0.25, 0.3) is 0 Å². The SMILES string of the molecule is CCNC(CC)C(C)n1cnc(C)c1C. The van der Waals surface area contributed by atoms with Crippen molar-refractivity contribution in [3.63, 3.8) is 0 Å². The Morgan fingerprint density at radius 2 is 2.07 bits per heavy atom. The Morgan fingerprint density at radius 3 is 2.47 bits per heavy atom. The highest BCUT2D eigenvalue weighted by molar-refractivity contribution is 5.10. The van der Waals surface area contributed by atoms with Crippen molar-refractivity contribution in [3.05, 3.63) is 17.7 Å². The minimum absolute atomic E-state index is 0.469. The fourth-order valence-corrected chi connectivity index (χ4v) is 2.04. The third-order valence-electron chi connectivity index (χ3n) is 3.21. The third-order valence-corrected chi connectivity index (χ3v) is 3.21. The van der Waals surface area contributed by atoms with Crippen molar-refractivity contribution in [3.8, 4) is 0 Å². The second-order valence-electron chi connectivity index (χ2n) is 4.14. The molecule has 1 rings (SSSR count). The van der Waals surface area contributed by atoms with Crippen LogP contribution in [0, 0.1) is 13.8 Å². The number of hydrogen-bond acceptors (Lipinski definition) is 2. The average Bonchev–Trinajstić information content (AvgIpc) is 2.55. The van der Waals surface area contributed by atoms with E-state index < -0.39 is 0 Å². The van der Waals surface area contributed by atoms with E-state index in [1.165, 1.54) is 5.69 Å². The molecule has 0 fully saturated rings. The molecule has 2 unspecified atom stereocenters. The first-order valence-electron chi connectivity index (χ1n) is 5.85. The van der Waals surface area contributed by atoms with Crippen LogP contribution in [0.15, 0.2) is 6.33 Å². The number of aromatic nitrogens is 2. The maximum atomic E-state index is 4.35. The van der Waals surface area contributed by atoms with Gasteiger partial charge in [-0.1, -0.05) is 13.8 Å². The van der Waals surface area contributed by atoms with Gasteiger partial charge in [-0.05, 0) is 33.7 Å². The lowest BCUT2D eigenvalue weighted by atomic mass is 10.1. The Kier molecular flexibility index (Phi) is 4.33. The van der Waals surface area contributed by atoms with Crippen LogP contribution in [0.1, 0.15) is 44.6 Å². The van der Waals surface area contributed by atoms with Crippen LogP contribution in [-0.4, -0.2) is 22.1 Å². The predicted molar refractivity (Wildman–Crippen MR) is 64.2 cm³/mol. The molecule has 0 aliphatic rings. The summed E-state index contributed by atoms with van der Waals surface area (Å²) in [6, 6.07) is 0.999. The summed E-state index contributed by atoms with van der Waals surface area (Å²) < 4.78 is 2.27. The van der Waals surface area contributed by atoms with Crippen LogP contribution in [0.4, 0.5) is 0 Å². The maximum absolute atomic E-state index is 4.35. The number of nitrogens with one attached hydrogen (secondary N) is 1. The first kappa shape index (κ1) is 12.2. The molecule has 2 atom stereocenters. The van der Waals surface area contributed by atoms with Crippen LogP contribution >= 0.6 is 0 Å². The number of nitrogens with zero attached hydrogens (tertiary/aromatic N) is 2. The van der Waals surface area contributed by atoms with E-state index in [1.807, 2.05) is 6.33 Å². The highest BCUT2D eigenvalue weighted by Gasteiger charge is 2.17. The smallest absolute Gasteiger partial charge is 0.0954 e. The first-order chi connectivity index (χ1) is 7.11. The van der Waals surface area contributed by atoms with E-state index in [-0.39, 0.29) is 0 Å². The summed E-state index contributed by atoms with van der Waals surface area (Å²) in [5.74, 6) is 0. The molecule has 1 aromatic rings. The molecule has 0 amide bonds. The van der Waals surface area contributed by atoms with E-state index in [4.69, 9.17) is 0 Å². The summed E-state index contributed by atoms with van der Waals surface area (Å²) in [6.45, 7) is 11.9. The van der Waals surface area contributed by atoms with Gasteiger partial charge in [-0.15, -0.1) is 0 Å². The van der Waals surface area contributed by atoms with Gasteiger partial charge in [0.15, 0.2) is 0 Å². The largest absolute Gasteiger partial charge is 0.330 e. The zero-order valence-corrected chi connectivity index (χ0v) is 10.5. The molecule has 1 heterocycles. The van der Waals surface area contributed by atoms with Crippen LogP contribution in [0.25, 0.3) is 0 Å². The van der Waals surface area contributed by atoms with Crippen molar-refractivity contribution in [1.29, 1.82) is 0 Å². The lowest BCUT2D eigenvalue weighted by molar-refractivity contribution is 0.362. The quantitative estimate of drug-likeness (QED) is 0.807. The fraction of sp³-hybridized carbons (Fsp3) is 0.750. The lowest BCUT2D eigenvalue weighted by Gasteiger charge is -2.25. The van der Waals surface area contributed by atoms with E-state index in [9.17, 15) is 0 Å². The average molecular weight is 209 g/mol. The number of hydrogen-bond donors (Lipinski definition) is 1. The summed E-state index contributed by atoms with van der Waals surface area (Å²) in [5.41, 5.74) is 2.41. The number of aryl methyl sites for hydroxylation is 1. The van der Waals surface area contributed by atoms with Gasteiger partial charge in [-0.3, -0.25) is 0 Å². The second kappa shape index (κ2) is 5.31. The normalized spacial score (nSPS) is 15.3. The van der Waals surface area contributed by atoms with E-state index >= 15 is 0 Å². The van der Waals surface area contributed by atoms with Crippen molar-refractivity contribution in [2.75, 3.05) is 6.54 Å². The van der Waals surface area contributed by atoms with Gasteiger partial charge in [0.2, 0.25) is 0 Å². The van der Waals surface area contributed by atoms with E-state index in [2.05, 4.69) is 49.5 Å². The summed E-state index contributed by atoms with van der Waals surface area (Å²) in [7, 11) is 0. The molecule has 15 heavy (non-hydrogen) atoms. The fourth-order valence-electron chi connectivity index (χ4n) is 2.04. The Bertz CT molecular complexity index is 304. The van der Waals surface area contributed by atoms with E-state index in [0.717, 1.165) is 18.7 Å². The van der Waals surface area contributed by atoms with Crippen LogP contribution in [0.3, 0.4) is 0 Å². The predicted octanol–water partition coefficient (Wildman–Crippen LogP) is 2.45. The molecular weight excluding hydrogens is 186 g/mol. The summed E-state index contributed by atoms with van der Waals surface area (Å²) >= 11 is 0. The highest BCUT2D eigenvalue weighted by Crippen LogP contribution is 2.17. The van der Waals surface area contributed by atoms with Crippen molar-refractivity contribution in [1.82, 2.24) is 14.9 Å². The summed E-state index contributed by atoms with van der Waals surface area (Å²) in [6.07, 6.45) is 3.10. The van der Waals surface area contributed by atoms with Crippen LogP contribution in [0.5, 0.6) is 0 Å². The summed E-state index contributed by atoms with van der Waals surface area (Å²) in [4.78, 5) is 4.35. The van der Waals surface area contributed by atoms with E-state index in [1.54, 1.807) is 0 Å². The van der Waals surface area contributed by atoms with Crippen molar-refractivity contribution in [2.45, 2.75) is 53.1 Å². The zero-order valence-electron chi connectivity index (χ0n) is 10.5. The number of rotatable bonds is 5. The van der Waals surface area contributed by atoms with Crippen molar-refractivity contribution < 1.29 is 0 Å². The van der Waals surface area contributed by atoms with Crippen molar-refractivity contribution >= 4 is 0 Å². The molecule has 3 heteroatoms. The molecule has 0 saturated heterocycles. The molecule has 0 aliphatic heterocycles. The molecule has 0 saturated carbocycles. The van der Waals surface area contributed by atoms with Gasteiger partial charge < -0.3 is 9.88 Å². The molecule has 0 bridgehead atoms. The number of likely N-dealkylation sites (N-methyl/N-ethyl adjacent to an activating group) is 1. The highest BCUT2D eigenvalue weighted by atomic mass is 15.1. The minimum Gasteiger partial charge on any atom is -0.330 e. The van der Waals surface area contributed by atoms with Gasteiger partial charge in [-0.25, -0.2) is 4.98 Å². The monoisotopic (exact) mass is 209 g/mol. The molecular formula is C12H23N3. The van der Waals surface area contributed by atoms with Gasteiger partial charge >= 0.3 is 0 Å². The molecule has 0 spiro atoms. The Hall–Kier alpha value is -0.830. The molecule has 0 aliphatic carbocycles. The zero-order chi connectivity index (χ0) is 11.4. The van der Waals surface area contributed by atoms with Gasteiger partial charge in [0.1, 0.15) is 0 Å².